The average Bonchev–Trinajstić information content (AvgIpc) is 2.79. The number of benzene rings is 2. The molecule has 0 spiro atoms. The second-order valence-electron chi connectivity index (χ2n) is 7.96. The van der Waals surface area contributed by atoms with Crippen LogP contribution >= 0.6 is 0 Å². The molecule has 10 nitrogen and oxygen atoms in total. The Morgan fingerprint density at radius 3 is 2.31 bits per heavy atom. The molecule has 0 unspecified atom stereocenters. The number of nitrogens with one attached hydrogen (secondary N) is 3. The van der Waals surface area contributed by atoms with Crippen LogP contribution in [0.15, 0.2) is 59.5 Å². The van der Waals surface area contributed by atoms with Crippen LogP contribution < -0.4 is 20.9 Å². The lowest BCUT2D eigenvalue weighted by Gasteiger charge is -2.21. The van der Waals surface area contributed by atoms with Crippen LogP contribution in [0.5, 0.6) is 5.75 Å². The largest absolute Gasteiger partial charge is 0.573 e. The summed E-state index contributed by atoms with van der Waals surface area (Å²) in [7, 11) is -4.34. The zero-order valence-electron chi connectivity index (χ0n) is 19.1. The molecule has 1 atom stereocenters. The molecule has 0 radical (unpaired) electrons. The van der Waals surface area contributed by atoms with Crippen molar-refractivity contribution in [2.24, 2.45) is 5.92 Å². The topological polar surface area (TPSA) is 146 Å². The number of aliphatic hydroxyl groups is 1. The molecule has 0 fully saturated rings. The number of alkyl halides is 3. The number of aliphatic hydroxyl groups excluding tert-OH is 1. The van der Waals surface area contributed by atoms with E-state index in [1.807, 2.05) is 13.8 Å². The van der Waals surface area contributed by atoms with Crippen molar-refractivity contribution in [2.75, 3.05) is 22.8 Å². The molecule has 0 amide bonds. The molecule has 0 aliphatic carbocycles. The summed E-state index contributed by atoms with van der Waals surface area (Å²) in [6.07, 6.45) is -4.86. The van der Waals surface area contributed by atoms with Crippen molar-refractivity contribution in [3.63, 3.8) is 0 Å². The Morgan fingerprint density at radius 1 is 1.03 bits per heavy atom. The standard InChI is InChI=1S/C22H24F3N5O5S/c1-13(2)19(12-31)27-21-26-18(14-4-3-5-16(10-14)35-22(23,24)25)11-20(28-21)30-29-15-6-8-17(9-7-15)36(32,33)34/h3-11,13,19,29,31H,12H2,1-2H3,(H,32,33,34)(H2,26,27,28,30)/t19-/m1/s1. The third-order valence-electron chi connectivity index (χ3n) is 4.89. The summed E-state index contributed by atoms with van der Waals surface area (Å²) in [6, 6.07) is 11.5. The highest BCUT2D eigenvalue weighted by Gasteiger charge is 2.31. The molecule has 194 valence electrons. The fourth-order valence-electron chi connectivity index (χ4n) is 3.01. The van der Waals surface area contributed by atoms with Crippen LogP contribution in [0.25, 0.3) is 11.3 Å². The summed E-state index contributed by atoms with van der Waals surface area (Å²) in [6.45, 7) is 3.56. The van der Waals surface area contributed by atoms with Crippen LogP contribution in [0.4, 0.5) is 30.6 Å². The molecule has 1 aromatic heterocycles. The van der Waals surface area contributed by atoms with E-state index in [0.29, 0.717) is 11.3 Å². The van der Waals surface area contributed by atoms with Gasteiger partial charge < -0.3 is 15.2 Å². The molecule has 3 rings (SSSR count). The number of aromatic nitrogens is 2. The highest BCUT2D eigenvalue weighted by Crippen LogP contribution is 2.29. The zero-order valence-corrected chi connectivity index (χ0v) is 19.9. The average molecular weight is 528 g/mol. The smallest absolute Gasteiger partial charge is 0.406 e. The van der Waals surface area contributed by atoms with Gasteiger partial charge in [-0.25, -0.2) is 4.98 Å². The number of rotatable bonds is 10. The van der Waals surface area contributed by atoms with E-state index in [0.717, 1.165) is 6.07 Å². The first-order valence-corrected chi connectivity index (χ1v) is 12.0. The molecule has 5 N–H and O–H groups in total. The predicted octanol–water partition coefficient (Wildman–Crippen LogP) is 4.16. The molecule has 0 saturated heterocycles. The van der Waals surface area contributed by atoms with E-state index < -0.39 is 28.3 Å². The van der Waals surface area contributed by atoms with Gasteiger partial charge in [-0.1, -0.05) is 26.0 Å². The van der Waals surface area contributed by atoms with Gasteiger partial charge in [-0.15, -0.1) is 13.2 Å². The maximum absolute atomic E-state index is 12.7. The third kappa shape index (κ3) is 7.69. The number of hydrogen-bond acceptors (Lipinski definition) is 9. The number of ether oxygens (including phenoxy) is 1. The first-order valence-electron chi connectivity index (χ1n) is 10.6. The van der Waals surface area contributed by atoms with Gasteiger partial charge in [0.05, 0.1) is 28.9 Å². The van der Waals surface area contributed by atoms with Crippen molar-refractivity contribution in [3.8, 4) is 17.0 Å². The van der Waals surface area contributed by atoms with E-state index in [4.69, 9.17) is 4.55 Å². The highest BCUT2D eigenvalue weighted by atomic mass is 32.2. The fraction of sp³-hybridized carbons (Fsp3) is 0.273. The number of hydrazine groups is 1. The minimum Gasteiger partial charge on any atom is -0.406 e. The molecule has 0 saturated carbocycles. The monoisotopic (exact) mass is 527 g/mol. The normalized spacial score (nSPS) is 12.8. The number of hydrogen-bond donors (Lipinski definition) is 5. The molecule has 14 heteroatoms. The molecular weight excluding hydrogens is 503 g/mol. The van der Waals surface area contributed by atoms with Crippen molar-refractivity contribution in [1.29, 1.82) is 0 Å². The van der Waals surface area contributed by atoms with Gasteiger partial charge in [0.15, 0.2) is 5.82 Å². The first kappa shape index (κ1) is 27.0. The van der Waals surface area contributed by atoms with Crippen molar-refractivity contribution in [3.05, 3.63) is 54.6 Å². The molecule has 2 aromatic carbocycles. The molecule has 3 aromatic rings. The second-order valence-corrected chi connectivity index (χ2v) is 9.39. The molecule has 1 heterocycles. The molecule has 36 heavy (non-hydrogen) atoms. The number of halogens is 3. The van der Waals surface area contributed by atoms with Gasteiger partial charge in [0, 0.05) is 11.6 Å². The van der Waals surface area contributed by atoms with Gasteiger partial charge >= 0.3 is 6.36 Å². The van der Waals surface area contributed by atoms with Crippen molar-refractivity contribution in [2.45, 2.75) is 31.1 Å². The lowest BCUT2D eigenvalue weighted by Crippen LogP contribution is -2.30. The molecule has 0 bridgehead atoms. The first-order chi connectivity index (χ1) is 16.8. The third-order valence-corrected chi connectivity index (χ3v) is 5.76. The lowest BCUT2D eigenvalue weighted by molar-refractivity contribution is -0.274. The van der Waals surface area contributed by atoms with Gasteiger partial charge in [0.1, 0.15) is 5.75 Å². The van der Waals surface area contributed by atoms with E-state index in [1.54, 1.807) is 6.07 Å². The van der Waals surface area contributed by atoms with Crippen LogP contribution in [-0.2, 0) is 10.1 Å². The summed E-state index contributed by atoms with van der Waals surface area (Å²) in [5, 5.41) is 12.7. The van der Waals surface area contributed by atoms with Gasteiger partial charge in [-0.05, 0) is 42.3 Å². The summed E-state index contributed by atoms with van der Waals surface area (Å²) in [5.41, 5.74) is 6.62. The number of anilines is 3. The van der Waals surface area contributed by atoms with Crippen molar-refractivity contribution >= 4 is 27.6 Å². The predicted molar refractivity (Wildman–Crippen MR) is 127 cm³/mol. The lowest BCUT2D eigenvalue weighted by atomic mass is 10.1. The minimum absolute atomic E-state index is 0.0154. The Hall–Kier alpha value is -3.62. The SMILES string of the molecule is CC(C)[C@@H](CO)Nc1nc(NNc2ccc(S(=O)(=O)O)cc2)cc(-c2cccc(OC(F)(F)F)c2)n1. The Balaban J connectivity index is 1.91. The maximum Gasteiger partial charge on any atom is 0.573 e. The van der Waals surface area contributed by atoms with E-state index >= 15 is 0 Å². The zero-order chi connectivity index (χ0) is 26.5. The van der Waals surface area contributed by atoms with Gasteiger partial charge in [0.2, 0.25) is 5.95 Å². The fourth-order valence-corrected chi connectivity index (χ4v) is 3.49. The maximum atomic E-state index is 12.7. The molecule has 0 aliphatic heterocycles. The van der Waals surface area contributed by atoms with E-state index in [1.165, 1.54) is 42.5 Å². The van der Waals surface area contributed by atoms with Crippen LogP contribution in [0.1, 0.15) is 13.8 Å². The number of nitrogens with zero attached hydrogens (tertiary/aromatic N) is 2. The van der Waals surface area contributed by atoms with Gasteiger partial charge in [0.25, 0.3) is 10.1 Å². The van der Waals surface area contributed by atoms with Gasteiger partial charge in [-0.2, -0.15) is 13.4 Å². The quantitative estimate of drug-likeness (QED) is 0.192. The summed E-state index contributed by atoms with van der Waals surface area (Å²) < 4.78 is 73.5. The van der Waals surface area contributed by atoms with E-state index in [2.05, 4.69) is 30.9 Å². The summed E-state index contributed by atoms with van der Waals surface area (Å²) >= 11 is 0. The van der Waals surface area contributed by atoms with Crippen LogP contribution in [0.3, 0.4) is 0 Å². The van der Waals surface area contributed by atoms with Crippen molar-refractivity contribution < 1.29 is 36.0 Å². The Labute approximate surface area is 205 Å². The molecular formula is C22H24F3N5O5S. The molecule has 0 aliphatic rings. The Bertz CT molecular complexity index is 1290. The van der Waals surface area contributed by atoms with Gasteiger partial charge in [-0.3, -0.25) is 15.4 Å². The van der Waals surface area contributed by atoms with Crippen LogP contribution in [-0.4, -0.2) is 47.1 Å². The summed E-state index contributed by atoms with van der Waals surface area (Å²) in [5.74, 6) is -0.0888. The van der Waals surface area contributed by atoms with Crippen LogP contribution in [0.2, 0.25) is 0 Å². The van der Waals surface area contributed by atoms with Crippen LogP contribution in [0, 0.1) is 5.92 Å². The van der Waals surface area contributed by atoms with E-state index in [-0.39, 0.29) is 34.9 Å². The Kier molecular flexibility index (Phi) is 8.22. The second kappa shape index (κ2) is 11.0. The summed E-state index contributed by atoms with van der Waals surface area (Å²) in [4.78, 5) is 8.42. The van der Waals surface area contributed by atoms with E-state index in [9.17, 15) is 26.7 Å². The van der Waals surface area contributed by atoms with Crippen molar-refractivity contribution in [1.82, 2.24) is 9.97 Å². The highest BCUT2D eigenvalue weighted by molar-refractivity contribution is 7.85. The minimum atomic E-state index is -4.86. The Morgan fingerprint density at radius 2 is 1.72 bits per heavy atom.